The lowest BCUT2D eigenvalue weighted by Crippen LogP contribution is -2.42. The fourth-order valence-corrected chi connectivity index (χ4v) is 5.34. The Morgan fingerprint density at radius 2 is 1.80 bits per heavy atom. The minimum Gasteiger partial charge on any atom is -0.352 e. The molecule has 0 bridgehead atoms. The van der Waals surface area contributed by atoms with E-state index in [1.807, 2.05) is 0 Å². The number of hydrogen-bond donors (Lipinski definition) is 2. The van der Waals surface area contributed by atoms with Gasteiger partial charge in [-0.1, -0.05) is 15.9 Å². The smallest absolute Gasteiger partial charge is 0.352 e. The molecule has 2 aliphatic rings. The molecular formula is C19H25BrF3N3O3S. The number of nitrogens with one attached hydrogen (secondary N) is 2. The van der Waals surface area contributed by atoms with Gasteiger partial charge in [0.2, 0.25) is 10.0 Å². The van der Waals surface area contributed by atoms with Crippen molar-refractivity contribution in [3.63, 3.8) is 0 Å². The van der Waals surface area contributed by atoms with Gasteiger partial charge in [-0.05, 0) is 62.9 Å². The molecule has 0 radical (unpaired) electrons. The molecule has 6 nitrogen and oxygen atoms in total. The van der Waals surface area contributed by atoms with Gasteiger partial charge in [-0.15, -0.1) is 0 Å². The Labute approximate surface area is 182 Å². The Morgan fingerprint density at radius 3 is 2.40 bits per heavy atom. The van der Waals surface area contributed by atoms with Gasteiger partial charge < -0.3 is 10.2 Å². The van der Waals surface area contributed by atoms with Crippen molar-refractivity contribution in [1.82, 2.24) is 14.9 Å². The first-order chi connectivity index (χ1) is 14.0. The number of halogens is 4. The highest BCUT2D eigenvalue weighted by Crippen LogP contribution is 2.32. The summed E-state index contributed by atoms with van der Waals surface area (Å²) in [5.74, 6) is -0.290. The molecule has 0 spiro atoms. The molecule has 0 atom stereocenters. The van der Waals surface area contributed by atoms with Crippen molar-refractivity contribution in [1.29, 1.82) is 0 Å². The van der Waals surface area contributed by atoms with Crippen molar-refractivity contribution in [3.05, 3.63) is 33.8 Å². The molecule has 30 heavy (non-hydrogen) atoms. The zero-order valence-corrected chi connectivity index (χ0v) is 18.7. The van der Waals surface area contributed by atoms with Gasteiger partial charge in [0, 0.05) is 29.7 Å². The Hall–Kier alpha value is -1.17. The highest BCUT2D eigenvalue weighted by atomic mass is 79.9. The zero-order valence-electron chi connectivity index (χ0n) is 16.3. The molecule has 2 fully saturated rings. The topological polar surface area (TPSA) is 78.5 Å². The van der Waals surface area contributed by atoms with Crippen molar-refractivity contribution < 1.29 is 26.4 Å². The average molecular weight is 512 g/mol. The first-order valence-electron chi connectivity index (χ1n) is 9.91. The number of sulfonamides is 1. The van der Waals surface area contributed by atoms with Gasteiger partial charge in [-0.25, -0.2) is 13.1 Å². The fourth-order valence-electron chi connectivity index (χ4n) is 3.48. The third-order valence-corrected chi connectivity index (χ3v) is 7.85. The molecule has 1 heterocycles. The fraction of sp³-hybridized carbons (Fsp3) is 0.632. The maximum absolute atomic E-state index is 12.9. The van der Waals surface area contributed by atoms with E-state index >= 15 is 0 Å². The molecule has 2 N–H and O–H groups in total. The van der Waals surface area contributed by atoms with Crippen LogP contribution >= 0.6 is 15.9 Å². The van der Waals surface area contributed by atoms with Crippen LogP contribution in [0.5, 0.6) is 0 Å². The number of carbonyl (C=O) groups excluding carboxylic acids is 1. The molecule has 1 aromatic carbocycles. The molecule has 1 aliphatic heterocycles. The number of nitrogens with zero attached hydrogens (tertiary/aromatic N) is 1. The number of benzene rings is 1. The summed E-state index contributed by atoms with van der Waals surface area (Å²) >= 11 is 3.02. The van der Waals surface area contributed by atoms with Gasteiger partial charge in [0.25, 0.3) is 5.91 Å². The number of alkyl halides is 3. The molecule has 168 valence electrons. The van der Waals surface area contributed by atoms with Crippen LogP contribution in [0.25, 0.3) is 0 Å². The Kier molecular flexibility index (Phi) is 7.47. The minimum absolute atomic E-state index is 0.0305. The molecule has 3 rings (SSSR count). The predicted octanol–water partition coefficient (Wildman–Crippen LogP) is 2.99. The van der Waals surface area contributed by atoms with Crippen LogP contribution in [-0.2, 0) is 16.2 Å². The van der Waals surface area contributed by atoms with Crippen molar-refractivity contribution in [2.45, 2.75) is 37.1 Å². The Bertz CT molecular complexity index is 868. The van der Waals surface area contributed by atoms with E-state index in [4.69, 9.17) is 0 Å². The van der Waals surface area contributed by atoms with E-state index in [0.717, 1.165) is 50.9 Å². The van der Waals surface area contributed by atoms with Crippen LogP contribution in [0.3, 0.4) is 0 Å². The summed E-state index contributed by atoms with van der Waals surface area (Å²) in [6.07, 6.45) is -1.36. The molecule has 0 aromatic heterocycles. The van der Waals surface area contributed by atoms with E-state index in [0.29, 0.717) is 19.6 Å². The highest BCUT2D eigenvalue weighted by molar-refractivity contribution is 9.10. The van der Waals surface area contributed by atoms with Crippen LogP contribution in [0.15, 0.2) is 22.7 Å². The maximum atomic E-state index is 12.9. The van der Waals surface area contributed by atoms with Crippen LogP contribution in [0.2, 0.25) is 0 Å². The molecule has 0 unspecified atom stereocenters. The van der Waals surface area contributed by atoms with Crippen LogP contribution in [0.4, 0.5) is 13.2 Å². The predicted molar refractivity (Wildman–Crippen MR) is 111 cm³/mol. The molecular weight excluding hydrogens is 487 g/mol. The van der Waals surface area contributed by atoms with Crippen LogP contribution in [0, 0.1) is 5.92 Å². The lowest BCUT2D eigenvalue weighted by Gasteiger charge is -2.32. The van der Waals surface area contributed by atoms with Gasteiger partial charge in [-0.2, -0.15) is 13.2 Å². The second-order valence-corrected chi connectivity index (χ2v) is 10.8. The summed E-state index contributed by atoms with van der Waals surface area (Å²) in [4.78, 5) is 14.5. The number of carbonyl (C=O) groups is 1. The monoisotopic (exact) mass is 511 g/mol. The van der Waals surface area contributed by atoms with E-state index < -0.39 is 27.7 Å². The quantitative estimate of drug-likeness (QED) is 0.562. The standard InChI is InChI=1S/C19H25BrF3N3O3S/c20-16-10-14(9-15(11-16)19(21,22)23)18(27)24-12-13-3-6-26(7-4-13)8-5-25-30(28,29)17-1-2-17/h9-11,13,17,25H,1-8,12H2,(H,24,27). The van der Waals surface area contributed by atoms with Gasteiger partial charge >= 0.3 is 6.18 Å². The van der Waals surface area contributed by atoms with Gasteiger partial charge in [-0.3, -0.25) is 4.79 Å². The van der Waals surface area contributed by atoms with Gasteiger partial charge in [0.05, 0.1) is 10.8 Å². The SMILES string of the molecule is O=C(NCC1CCN(CCNS(=O)(=O)C2CC2)CC1)c1cc(Br)cc(C(F)(F)F)c1. The van der Waals surface area contributed by atoms with Crippen LogP contribution < -0.4 is 10.0 Å². The van der Waals surface area contributed by atoms with Gasteiger partial charge in [0.1, 0.15) is 0 Å². The third kappa shape index (κ3) is 6.66. The highest BCUT2D eigenvalue weighted by Gasteiger charge is 2.35. The van der Waals surface area contributed by atoms with Crippen molar-refractivity contribution in [3.8, 4) is 0 Å². The number of rotatable bonds is 8. The Balaban J connectivity index is 1.40. The van der Waals surface area contributed by atoms with Crippen LogP contribution in [0.1, 0.15) is 41.6 Å². The van der Waals surface area contributed by atoms with E-state index in [1.54, 1.807) is 0 Å². The van der Waals surface area contributed by atoms with E-state index in [2.05, 4.69) is 30.9 Å². The second-order valence-electron chi connectivity index (χ2n) is 7.86. The molecule has 1 saturated heterocycles. The van der Waals surface area contributed by atoms with E-state index in [9.17, 15) is 26.4 Å². The number of likely N-dealkylation sites (tertiary alicyclic amines) is 1. The maximum Gasteiger partial charge on any atom is 0.416 e. The first-order valence-corrected chi connectivity index (χ1v) is 12.3. The number of piperidine rings is 1. The summed E-state index contributed by atoms with van der Waals surface area (Å²) in [7, 11) is -3.16. The molecule has 1 aliphatic carbocycles. The summed E-state index contributed by atoms with van der Waals surface area (Å²) in [5, 5.41) is 2.52. The number of hydrogen-bond acceptors (Lipinski definition) is 4. The average Bonchev–Trinajstić information content (AvgIpc) is 3.52. The molecule has 1 amide bonds. The summed E-state index contributed by atoms with van der Waals surface area (Å²) in [6.45, 7) is 3.02. The van der Waals surface area contributed by atoms with E-state index in [-0.39, 0.29) is 21.2 Å². The van der Waals surface area contributed by atoms with Crippen molar-refractivity contribution in [2.24, 2.45) is 5.92 Å². The number of amides is 1. The van der Waals surface area contributed by atoms with Crippen molar-refractivity contribution >= 4 is 31.9 Å². The normalized spacial score (nSPS) is 19.1. The lowest BCUT2D eigenvalue weighted by molar-refractivity contribution is -0.137. The van der Waals surface area contributed by atoms with Gasteiger partial charge in [0.15, 0.2) is 0 Å². The zero-order chi connectivity index (χ0) is 21.9. The first kappa shape index (κ1) is 23.5. The summed E-state index contributed by atoms with van der Waals surface area (Å²) in [6, 6.07) is 3.17. The minimum atomic E-state index is -4.52. The van der Waals surface area contributed by atoms with Crippen LogP contribution in [-0.4, -0.2) is 57.2 Å². The molecule has 1 saturated carbocycles. The van der Waals surface area contributed by atoms with E-state index in [1.165, 1.54) is 6.07 Å². The molecule has 11 heteroatoms. The Morgan fingerprint density at radius 1 is 1.13 bits per heavy atom. The lowest BCUT2D eigenvalue weighted by atomic mass is 9.96. The summed E-state index contributed by atoms with van der Waals surface area (Å²) in [5.41, 5.74) is -0.898. The largest absolute Gasteiger partial charge is 0.416 e. The molecule has 1 aromatic rings. The second kappa shape index (κ2) is 9.54. The third-order valence-electron chi connectivity index (χ3n) is 5.44. The van der Waals surface area contributed by atoms with Crippen molar-refractivity contribution in [2.75, 3.05) is 32.7 Å². The summed E-state index contributed by atoms with van der Waals surface area (Å²) < 4.78 is 65.3.